The molecule has 2 N–H and O–H groups in total. The van der Waals surface area contributed by atoms with Crippen molar-refractivity contribution in [1.82, 2.24) is 4.90 Å². The quantitative estimate of drug-likeness (QED) is 0.614. The largest absolute Gasteiger partial charge is 0.378 e. The molecule has 4 heteroatoms. The van der Waals surface area contributed by atoms with E-state index in [1.807, 2.05) is 7.05 Å². The summed E-state index contributed by atoms with van der Waals surface area (Å²) in [7, 11) is 2.05. The summed E-state index contributed by atoms with van der Waals surface area (Å²) in [5, 5.41) is 0. The Morgan fingerprint density at radius 1 is 1.39 bits per heavy atom. The number of nitrogens with two attached hydrogens (primary N) is 1. The van der Waals surface area contributed by atoms with Gasteiger partial charge < -0.3 is 15.4 Å². The lowest BCUT2D eigenvalue weighted by atomic mass is 9.87. The van der Waals surface area contributed by atoms with Crippen LogP contribution in [0.2, 0.25) is 0 Å². The molecule has 2 fully saturated rings. The first-order valence-electron chi connectivity index (χ1n) is 7.24. The van der Waals surface area contributed by atoms with Crippen LogP contribution in [0.5, 0.6) is 0 Å². The zero-order valence-electron chi connectivity index (χ0n) is 11.9. The molecular weight excluding hydrogens is 226 g/mol. The monoisotopic (exact) mass is 253 g/mol. The minimum atomic E-state index is 0.349. The molecule has 4 nitrogen and oxygen atoms in total. The van der Waals surface area contributed by atoms with Gasteiger partial charge in [0.25, 0.3) is 0 Å². The predicted molar refractivity (Wildman–Crippen MR) is 74.6 cm³/mol. The van der Waals surface area contributed by atoms with E-state index >= 15 is 0 Å². The lowest BCUT2D eigenvalue weighted by Gasteiger charge is -2.33. The zero-order valence-corrected chi connectivity index (χ0v) is 11.9. The molecule has 0 spiro atoms. The van der Waals surface area contributed by atoms with Crippen molar-refractivity contribution in [2.24, 2.45) is 22.6 Å². The smallest absolute Gasteiger partial charge is 0.191 e. The van der Waals surface area contributed by atoms with Gasteiger partial charge in [-0.25, -0.2) is 0 Å². The standard InChI is InChI=1S/C14H27N3O/c1-10(2)13-11(5-4-8-18-13)9-16-14(15)17(3)12-6-7-12/h10-13H,4-9H2,1-3H3,(H2,15,16). The number of aliphatic imine (C=N–C) groups is 1. The molecule has 0 aromatic rings. The van der Waals surface area contributed by atoms with E-state index in [-0.39, 0.29) is 0 Å². The fourth-order valence-electron chi connectivity index (χ4n) is 2.77. The highest BCUT2D eigenvalue weighted by Crippen LogP contribution is 2.27. The molecule has 0 aromatic carbocycles. The highest BCUT2D eigenvalue weighted by Gasteiger charge is 2.30. The molecule has 1 saturated carbocycles. The van der Waals surface area contributed by atoms with Crippen LogP contribution in [0.4, 0.5) is 0 Å². The Bertz CT molecular complexity index is 299. The van der Waals surface area contributed by atoms with Crippen LogP contribution < -0.4 is 5.73 Å². The van der Waals surface area contributed by atoms with Gasteiger partial charge in [-0.3, -0.25) is 4.99 Å². The van der Waals surface area contributed by atoms with Gasteiger partial charge in [-0.1, -0.05) is 13.8 Å². The second-order valence-electron chi connectivity index (χ2n) is 6.02. The fraction of sp³-hybridized carbons (Fsp3) is 0.929. The molecule has 2 atom stereocenters. The van der Waals surface area contributed by atoms with Crippen molar-refractivity contribution in [3.63, 3.8) is 0 Å². The number of rotatable bonds is 4. The van der Waals surface area contributed by atoms with Gasteiger partial charge in [-0.2, -0.15) is 0 Å². The molecule has 0 amide bonds. The lowest BCUT2D eigenvalue weighted by molar-refractivity contribution is -0.0491. The molecular formula is C14H27N3O. The van der Waals surface area contributed by atoms with E-state index in [2.05, 4.69) is 23.7 Å². The van der Waals surface area contributed by atoms with Crippen LogP contribution in [-0.2, 0) is 4.74 Å². The van der Waals surface area contributed by atoms with Crippen LogP contribution in [-0.4, -0.2) is 43.2 Å². The molecule has 2 rings (SSSR count). The second kappa shape index (κ2) is 5.91. The fourth-order valence-corrected chi connectivity index (χ4v) is 2.77. The summed E-state index contributed by atoms with van der Waals surface area (Å²) in [6, 6.07) is 0.636. The molecule has 1 aliphatic carbocycles. The maximum atomic E-state index is 6.03. The minimum Gasteiger partial charge on any atom is -0.378 e. The Balaban J connectivity index is 1.88. The van der Waals surface area contributed by atoms with Gasteiger partial charge in [0.05, 0.1) is 6.10 Å². The van der Waals surface area contributed by atoms with Crippen molar-refractivity contribution < 1.29 is 4.74 Å². The topological polar surface area (TPSA) is 50.9 Å². The van der Waals surface area contributed by atoms with E-state index in [1.165, 1.54) is 19.3 Å². The van der Waals surface area contributed by atoms with Gasteiger partial charge >= 0.3 is 0 Å². The Morgan fingerprint density at radius 3 is 2.72 bits per heavy atom. The Hall–Kier alpha value is -0.770. The van der Waals surface area contributed by atoms with Gasteiger partial charge in [0.1, 0.15) is 0 Å². The number of nitrogens with zero attached hydrogens (tertiary/aromatic N) is 2. The van der Waals surface area contributed by atoms with Gasteiger partial charge in [0.2, 0.25) is 0 Å². The van der Waals surface area contributed by atoms with E-state index in [4.69, 9.17) is 10.5 Å². The van der Waals surface area contributed by atoms with Crippen molar-refractivity contribution in [2.45, 2.75) is 51.7 Å². The third-order valence-corrected chi connectivity index (χ3v) is 4.09. The summed E-state index contributed by atoms with van der Waals surface area (Å²) in [5.41, 5.74) is 6.03. The molecule has 1 heterocycles. The van der Waals surface area contributed by atoms with Crippen molar-refractivity contribution in [2.75, 3.05) is 20.2 Å². The predicted octanol–water partition coefficient (Wildman–Crippen LogP) is 1.85. The molecule has 18 heavy (non-hydrogen) atoms. The first-order chi connectivity index (χ1) is 8.59. The first kappa shape index (κ1) is 13.7. The summed E-state index contributed by atoms with van der Waals surface area (Å²) >= 11 is 0. The molecule has 0 aromatic heterocycles. The highest BCUT2D eigenvalue weighted by atomic mass is 16.5. The molecule has 1 aliphatic heterocycles. The van der Waals surface area contributed by atoms with Crippen LogP contribution >= 0.6 is 0 Å². The van der Waals surface area contributed by atoms with Crippen molar-refractivity contribution >= 4 is 5.96 Å². The highest BCUT2D eigenvalue weighted by molar-refractivity contribution is 5.78. The van der Waals surface area contributed by atoms with Gasteiger partial charge in [-0.05, 0) is 31.6 Å². The third-order valence-electron chi connectivity index (χ3n) is 4.09. The summed E-state index contributed by atoms with van der Waals surface area (Å²) in [6.07, 6.45) is 5.23. The maximum Gasteiger partial charge on any atom is 0.191 e. The van der Waals surface area contributed by atoms with Gasteiger partial charge in [-0.15, -0.1) is 0 Å². The van der Waals surface area contributed by atoms with E-state index < -0.39 is 0 Å². The number of ether oxygens (including phenoxy) is 1. The van der Waals surface area contributed by atoms with Crippen LogP contribution in [0.1, 0.15) is 39.5 Å². The SMILES string of the molecule is CC(C)C1OCCCC1CN=C(N)N(C)C1CC1. The molecule has 1 saturated heterocycles. The van der Waals surface area contributed by atoms with Crippen molar-refractivity contribution in [3.8, 4) is 0 Å². The van der Waals surface area contributed by atoms with Crippen molar-refractivity contribution in [3.05, 3.63) is 0 Å². The first-order valence-corrected chi connectivity index (χ1v) is 7.24. The normalized spacial score (nSPS) is 29.7. The van der Waals surface area contributed by atoms with E-state index in [0.29, 0.717) is 29.9 Å². The summed E-state index contributed by atoms with van der Waals surface area (Å²) in [6.45, 7) is 6.17. The Kier molecular flexibility index (Phi) is 4.49. The molecule has 2 unspecified atom stereocenters. The molecule has 0 bridgehead atoms. The van der Waals surface area contributed by atoms with Gasteiger partial charge in [0.15, 0.2) is 5.96 Å². The Labute approximate surface area is 111 Å². The number of hydrogen-bond donors (Lipinski definition) is 1. The van der Waals surface area contributed by atoms with Crippen LogP contribution in [0.25, 0.3) is 0 Å². The van der Waals surface area contributed by atoms with E-state index in [9.17, 15) is 0 Å². The number of hydrogen-bond acceptors (Lipinski definition) is 2. The molecule has 0 radical (unpaired) electrons. The maximum absolute atomic E-state index is 6.03. The zero-order chi connectivity index (χ0) is 13.1. The van der Waals surface area contributed by atoms with E-state index in [1.54, 1.807) is 0 Å². The Morgan fingerprint density at radius 2 is 2.11 bits per heavy atom. The van der Waals surface area contributed by atoms with Crippen LogP contribution in [0.15, 0.2) is 4.99 Å². The minimum absolute atomic E-state index is 0.349. The van der Waals surface area contributed by atoms with Crippen LogP contribution in [0.3, 0.4) is 0 Å². The summed E-state index contributed by atoms with van der Waals surface area (Å²) in [4.78, 5) is 6.70. The van der Waals surface area contributed by atoms with Gasteiger partial charge in [0, 0.05) is 32.2 Å². The summed E-state index contributed by atoms with van der Waals surface area (Å²) < 4.78 is 5.88. The van der Waals surface area contributed by atoms with Crippen LogP contribution in [0, 0.1) is 11.8 Å². The average molecular weight is 253 g/mol. The van der Waals surface area contributed by atoms with Crippen molar-refractivity contribution in [1.29, 1.82) is 0 Å². The van der Waals surface area contributed by atoms with E-state index in [0.717, 1.165) is 19.6 Å². The third kappa shape index (κ3) is 3.37. The summed E-state index contributed by atoms with van der Waals surface area (Å²) in [5.74, 6) is 1.79. The molecule has 2 aliphatic rings. The lowest BCUT2D eigenvalue weighted by Crippen LogP contribution is -2.39. The number of guanidine groups is 1. The second-order valence-corrected chi connectivity index (χ2v) is 6.02. The average Bonchev–Trinajstić information content (AvgIpc) is 3.19. The molecule has 104 valence electrons.